The molecule has 6 heteroatoms. The van der Waals surface area contributed by atoms with Crippen LogP contribution in [0.3, 0.4) is 0 Å². The van der Waals surface area contributed by atoms with Crippen LogP contribution in [-0.4, -0.2) is 27.3 Å². The van der Waals surface area contributed by atoms with Gasteiger partial charge in [0.25, 0.3) is 0 Å². The average molecular weight is 325 g/mol. The molecule has 1 aromatic heterocycles. The summed E-state index contributed by atoms with van der Waals surface area (Å²) in [6.07, 6.45) is -0.679. The van der Waals surface area contributed by atoms with E-state index in [0.29, 0.717) is 22.4 Å². The first kappa shape index (κ1) is 16.0. The molecule has 0 aliphatic rings. The largest absolute Gasteiger partial charge is 0.479 e. The number of fused-ring (bicyclic) bond motifs is 2. The van der Waals surface area contributed by atoms with E-state index in [2.05, 4.69) is 4.98 Å². The van der Waals surface area contributed by atoms with Gasteiger partial charge in [-0.3, -0.25) is 0 Å². The number of pyridine rings is 1. The number of aliphatic hydroxyl groups is 1. The highest BCUT2D eigenvalue weighted by atomic mass is 16.4. The molecule has 0 saturated heterocycles. The van der Waals surface area contributed by atoms with Gasteiger partial charge in [0.1, 0.15) is 0 Å². The summed E-state index contributed by atoms with van der Waals surface area (Å²) in [5.41, 5.74) is 16.2. The fraction of sp³-hybridized carbons (Fsp3) is 0.222. The van der Waals surface area contributed by atoms with Gasteiger partial charge in [-0.05, 0) is 41.8 Å². The molecule has 0 amide bonds. The van der Waals surface area contributed by atoms with Crippen molar-refractivity contribution in [2.45, 2.75) is 25.9 Å². The van der Waals surface area contributed by atoms with Crippen molar-refractivity contribution in [1.29, 1.82) is 0 Å². The van der Waals surface area contributed by atoms with Crippen molar-refractivity contribution in [2.75, 3.05) is 11.5 Å². The summed E-state index contributed by atoms with van der Waals surface area (Å²) in [4.78, 5) is 15.6. The van der Waals surface area contributed by atoms with Crippen LogP contribution in [0.1, 0.15) is 18.1 Å². The molecular formula is C18H19N3O3. The summed E-state index contributed by atoms with van der Waals surface area (Å²) >= 11 is 0. The highest BCUT2D eigenvalue weighted by molar-refractivity contribution is 6.04. The van der Waals surface area contributed by atoms with Gasteiger partial charge in [0.15, 0.2) is 6.10 Å². The molecule has 3 aromatic rings. The van der Waals surface area contributed by atoms with Crippen molar-refractivity contribution in [3.63, 3.8) is 0 Å². The standard InChI is InChI=1S/C18H19N3O3/c1-2-9-5-10(7-16(22)18(23)24)11-8-12-13(19)3-4-14(20)17(12)21-15(11)6-9/h3-6,8,16,22H,2,7,19-20H2,1H3,(H,23,24). The molecule has 24 heavy (non-hydrogen) atoms. The zero-order valence-electron chi connectivity index (χ0n) is 13.3. The predicted molar refractivity (Wildman–Crippen MR) is 94.8 cm³/mol. The molecule has 2 aromatic carbocycles. The maximum absolute atomic E-state index is 11.0. The van der Waals surface area contributed by atoms with Gasteiger partial charge in [-0.2, -0.15) is 0 Å². The van der Waals surface area contributed by atoms with Gasteiger partial charge in [0, 0.05) is 22.9 Å². The topological polar surface area (TPSA) is 122 Å². The minimum absolute atomic E-state index is 0.00901. The third-order valence-corrected chi connectivity index (χ3v) is 4.21. The summed E-state index contributed by atoms with van der Waals surface area (Å²) in [5, 5.41) is 20.2. The molecule has 3 rings (SSSR count). The number of aromatic nitrogens is 1. The van der Waals surface area contributed by atoms with E-state index >= 15 is 0 Å². The second kappa shape index (κ2) is 5.98. The molecular weight excluding hydrogens is 306 g/mol. The molecule has 0 saturated carbocycles. The van der Waals surface area contributed by atoms with Crippen LogP contribution in [0, 0.1) is 0 Å². The zero-order valence-corrected chi connectivity index (χ0v) is 13.3. The number of anilines is 2. The minimum atomic E-state index is -1.46. The number of benzene rings is 2. The summed E-state index contributed by atoms with van der Waals surface area (Å²) in [6.45, 7) is 2.01. The molecule has 6 nitrogen and oxygen atoms in total. The van der Waals surface area contributed by atoms with E-state index in [1.165, 1.54) is 0 Å². The number of hydrogen-bond donors (Lipinski definition) is 4. The molecule has 1 atom stereocenters. The SMILES string of the molecule is CCc1cc(CC(O)C(=O)O)c2cc3c(N)ccc(N)c3nc2c1. The molecule has 1 unspecified atom stereocenters. The third kappa shape index (κ3) is 2.72. The number of rotatable bonds is 4. The molecule has 0 radical (unpaired) electrons. The van der Waals surface area contributed by atoms with Gasteiger partial charge in [-0.1, -0.05) is 13.0 Å². The first-order valence-corrected chi connectivity index (χ1v) is 7.71. The average Bonchev–Trinajstić information content (AvgIpc) is 2.56. The Balaban J connectivity index is 2.31. The van der Waals surface area contributed by atoms with Crippen LogP contribution < -0.4 is 11.5 Å². The van der Waals surface area contributed by atoms with E-state index in [0.717, 1.165) is 28.3 Å². The number of nitrogens with two attached hydrogens (primary N) is 2. The second-order valence-corrected chi connectivity index (χ2v) is 5.86. The van der Waals surface area contributed by atoms with Gasteiger partial charge >= 0.3 is 5.97 Å². The Morgan fingerprint density at radius 2 is 1.88 bits per heavy atom. The Hall–Kier alpha value is -2.86. The van der Waals surface area contributed by atoms with Crippen molar-refractivity contribution < 1.29 is 15.0 Å². The number of nitrogen functional groups attached to an aromatic ring is 2. The first-order chi connectivity index (χ1) is 11.4. The Morgan fingerprint density at radius 3 is 2.54 bits per heavy atom. The lowest BCUT2D eigenvalue weighted by Crippen LogP contribution is -2.22. The lowest BCUT2D eigenvalue weighted by atomic mass is 9.97. The second-order valence-electron chi connectivity index (χ2n) is 5.86. The number of aryl methyl sites for hydroxylation is 1. The van der Waals surface area contributed by atoms with Gasteiger partial charge in [0.2, 0.25) is 0 Å². The lowest BCUT2D eigenvalue weighted by Gasteiger charge is -2.13. The first-order valence-electron chi connectivity index (χ1n) is 7.71. The number of carbonyl (C=O) groups is 1. The Labute approximate surface area is 138 Å². The van der Waals surface area contributed by atoms with Crippen LogP contribution in [0.2, 0.25) is 0 Å². The molecule has 0 bridgehead atoms. The fourth-order valence-electron chi connectivity index (χ4n) is 2.87. The Bertz CT molecular complexity index is 953. The summed E-state index contributed by atoms with van der Waals surface area (Å²) in [5.74, 6) is -1.25. The fourth-order valence-corrected chi connectivity index (χ4v) is 2.87. The van der Waals surface area contributed by atoms with E-state index in [1.54, 1.807) is 12.1 Å². The van der Waals surface area contributed by atoms with Gasteiger partial charge in [-0.15, -0.1) is 0 Å². The van der Waals surface area contributed by atoms with Crippen LogP contribution in [-0.2, 0) is 17.6 Å². The maximum atomic E-state index is 11.0. The van der Waals surface area contributed by atoms with E-state index in [1.807, 2.05) is 25.1 Å². The third-order valence-electron chi connectivity index (χ3n) is 4.21. The van der Waals surface area contributed by atoms with Crippen molar-refractivity contribution in [1.82, 2.24) is 4.98 Å². The van der Waals surface area contributed by atoms with E-state index in [4.69, 9.17) is 16.6 Å². The lowest BCUT2D eigenvalue weighted by molar-refractivity contribution is -0.146. The van der Waals surface area contributed by atoms with E-state index < -0.39 is 12.1 Å². The van der Waals surface area contributed by atoms with E-state index in [9.17, 15) is 9.90 Å². The van der Waals surface area contributed by atoms with Crippen LogP contribution in [0.5, 0.6) is 0 Å². The van der Waals surface area contributed by atoms with Gasteiger partial charge < -0.3 is 21.7 Å². The van der Waals surface area contributed by atoms with Crippen molar-refractivity contribution >= 4 is 39.1 Å². The van der Waals surface area contributed by atoms with Crippen molar-refractivity contribution in [3.8, 4) is 0 Å². The van der Waals surface area contributed by atoms with Crippen LogP contribution >= 0.6 is 0 Å². The smallest absolute Gasteiger partial charge is 0.332 e. The molecule has 1 heterocycles. The number of aliphatic carboxylic acids is 1. The molecule has 0 aliphatic carbocycles. The van der Waals surface area contributed by atoms with Crippen molar-refractivity contribution in [3.05, 3.63) is 41.5 Å². The van der Waals surface area contributed by atoms with E-state index in [-0.39, 0.29) is 6.42 Å². The molecule has 0 fully saturated rings. The number of nitrogens with zero attached hydrogens (tertiary/aromatic N) is 1. The van der Waals surface area contributed by atoms with Gasteiger partial charge in [-0.25, -0.2) is 9.78 Å². The summed E-state index contributed by atoms with van der Waals surface area (Å²) < 4.78 is 0. The monoisotopic (exact) mass is 325 g/mol. The van der Waals surface area contributed by atoms with Crippen LogP contribution in [0.15, 0.2) is 30.3 Å². The number of aliphatic hydroxyl groups excluding tert-OH is 1. The molecule has 0 spiro atoms. The highest BCUT2D eigenvalue weighted by Crippen LogP contribution is 2.31. The highest BCUT2D eigenvalue weighted by Gasteiger charge is 2.17. The van der Waals surface area contributed by atoms with Gasteiger partial charge in [0.05, 0.1) is 16.7 Å². The minimum Gasteiger partial charge on any atom is -0.479 e. The summed E-state index contributed by atoms with van der Waals surface area (Å²) in [7, 11) is 0. The normalized spacial score (nSPS) is 12.6. The number of carboxylic acids is 1. The molecule has 124 valence electrons. The molecule has 0 aliphatic heterocycles. The maximum Gasteiger partial charge on any atom is 0.332 e. The molecule has 6 N–H and O–H groups in total. The Morgan fingerprint density at radius 1 is 1.17 bits per heavy atom. The summed E-state index contributed by atoms with van der Waals surface area (Å²) in [6, 6.07) is 9.16. The number of hydrogen-bond acceptors (Lipinski definition) is 5. The van der Waals surface area contributed by atoms with Crippen LogP contribution in [0.25, 0.3) is 21.8 Å². The van der Waals surface area contributed by atoms with Crippen molar-refractivity contribution in [2.24, 2.45) is 0 Å². The van der Waals surface area contributed by atoms with Crippen LogP contribution in [0.4, 0.5) is 11.4 Å². The quantitative estimate of drug-likeness (QED) is 0.430. The zero-order chi connectivity index (χ0) is 17.4. The number of carboxylic acid groups (broad SMARTS) is 1. The Kier molecular flexibility index (Phi) is 3.99. The predicted octanol–water partition coefficient (Wildman–Crippen LogP) is 2.10.